The van der Waals surface area contributed by atoms with Crippen molar-refractivity contribution in [2.45, 2.75) is 25.4 Å². The number of nitrogens with one attached hydrogen (secondary N) is 2. The number of aromatic nitrogens is 2. The molecule has 1 amide bonds. The summed E-state index contributed by atoms with van der Waals surface area (Å²) in [7, 11) is 0. The SMILES string of the molecule is Cc1cc(-n2cccc2[C@@H]2[C@H](c3ccccn3)NC(=S)N2CCC(=O)Nc2ccccc2)ccc1Cl. The third kappa shape index (κ3) is 4.98. The first kappa shape index (κ1) is 24.0. The molecule has 0 spiro atoms. The molecule has 2 aromatic carbocycles. The summed E-state index contributed by atoms with van der Waals surface area (Å²) in [5.41, 5.74) is 4.73. The fraction of sp³-hybridized carbons (Fsp3) is 0.179. The lowest BCUT2D eigenvalue weighted by Gasteiger charge is -2.29. The van der Waals surface area contributed by atoms with Crippen LogP contribution in [0.1, 0.15) is 35.5 Å². The number of aryl methyl sites for hydroxylation is 1. The highest BCUT2D eigenvalue weighted by atomic mass is 35.5. The van der Waals surface area contributed by atoms with E-state index >= 15 is 0 Å². The standard InChI is InChI=1S/C28H26ClN5OS/c1-19-18-21(12-13-22(19)29)33-16-7-11-24(33)27-26(23-10-5-6-15-30-23)32-28(36)34(27)17-14-25(35)31-20-8-3-2-4-9-20/h2-13,15-16,18,26-27H,14,17H2,1H3,(H,31,35)(H,32,36)/t26-,27+/m0/s1. The van der Waals surface area contributed by atoms with Gasteiger partial charge in [-0.05, 0) is 79.3 Å². The molecule has 3 heterocycles. The van der Waals surface area contributed by atoms with Crippen LogP contribution in [0.5, 0.6) is 0 Å². The van der Waals surface area contributed by atoms with Crippen LogP contribution in [0, 0.1) is 6.92 Å². The maximum absolute atomic E-state index is 12.7. The summed E-state index contributed by atoms with van der Waals surface area (Å²) in [5, 5.41) is 7.75. The van der Waals surface area contributed by atoms with Crippen molar-refractivity contribution in [3.63, 3.8) is 0 Å². The Morgan fingerprint density at radius 2 is 1.89 bits per heavy atom. The first-order valence-corrected chi connectivity index (χ1v) is 12.6. The van der Waals surface area contributed by atoms with Crippen LogP contribution in [0.15, 0.2) is 91.3 Å². The molecule has 2 N–H and O–H groups in total. The van der Waals surface area contributed by atoms with Gasteiger partial charge in [-0.3, -0.25) is 9.78 Å². The van der Waals surface area contributed by atoms with Crippen LogP contribution in [-0.2, 0) is 4.79 Å². The Labute approximate surface area is 220 Å². The monoisotopic (exact) mass is 515 g/mol. The Morgan fingerprint density at radius 1 is 1.08 bits per heavy atom. The normalized spacial score (nSPS) is 17.2. The molecule has 0 bridgehead atoms. The quantitative estimate of drug-likeness (QED) is 0.303. The van der Waals surface area contributed by atoms with Crippen molar-refractivity contribution in [3.05, 3.63) is 113 Å². The van der Waals surface area contributed by atoms with Gasteiger partial charge in [0.05, 0.1) is 17.8 Å². The molecule has 6 nitrogen and oxygen atoms in total. The number of thiocarbonyl (C=S) groups is 1. The second-order valence-corrected chi connectivity index (χ2v) is 9.51. The van der Waals surface area contributed by atoms with Crippen molar-refractivity contribution >= 4 is 40.5 Å². The van der Waals surface area contributed by atoms with Crippen LogP contribution in [-0.4, -0.2) is 32.0 Å². The molecule has 0 radical (unpaired) electrons. The van der Waals surface area contributed by atoms with E-state index in [1.54, 1.807) is 6.20 Å². The fourth-order valence-electron chi connectivity index (χ4n) is 4.58. The summed E-state index contributed by atoms with van der Waals surface area (Å²) < 4.78 is 2.15. The molecule has 4 aromatic rings. The summed E-state index contributed by atoms with van der Waals surface area (Å²) in [5.74, 6) is -0.0623. The first-order chi connectivity index (χ1) is 17.5. The molecule has 1 aliphatic heterocycles. The number of nitrogens with zero attached hydrogens (tertiary/aromatic N) is 3. The van der Waals surface area contributed by atoms with Gasteiger partial charge in [-0.1, -0.05) is 35.9 Å². The second kappa shape index (κ2) is 10.5. The van der Waals surface area contributed by atoms with Crippen molar-refractivity contribution in [2.24, 2.45) is 0 Å². The van der Waals surface area contributed by atoms with E-state index in [0.717, 1.165) is 33.3 Å². The molecule has 182 valence electrons. The van der Waals surface area contributed by atoms with E-state index in [-0.39, 0.29) is 18.0 Å². The number of hydrogen-bond donors (Lipinski definition) is 2. The Balaban J connectivity index is 1.46. The smallest absolute Gasteiger partial charge is 0.226 e. The van der Waals surface area contributed by atoms with Crippen LogP contribution in [0.25, 0.3) is 5.69 Å². The summed E-state index contributed by atoms with van der Waals surface area (Å²) in [6.45, 7) is 2.46. The third-order valence-corrected chi connectivity index (χ3v) is 7.11. The van der Waals surface area contributed by atoms with Crippen molar-refractivity contribution in [1.82, 2.24) is 19.8 Å². The average molecular weight is 516 g/mol. The van der Waals surface area contributed by atoms with Crippen LogP contribution in [0.4, 0.5) is 5.69 Å². The van der Waals surface area contributed by atoms with E-state index in [0.29, 0.717) is 18.1 Å². The molecular formula is C28H26ClN5OS. The Morgan fingerprint density at radius 3 is 2.64 bits per heavy atom. The molecule has 1 aliphatic rings. The highest BCUT2D eigenvalue weighted by Gasteiger charge is 2.41. The van der Waals surface area contributed by atoms with Gasteiger partial charge in [-0.25, -0.2) is 0 Å². The van der Waals surface area contributed by atoms with Crippen LogP contribution < -0.4 is 10.6 Å². The van der Waals surface area contributed by atoms with Gasteiger partial charge in [0.2, 0.25) is 5.91 Å². The van der Waals surface area contributed by atoms with Gasteiger partial charge in [0.1, 0.15) is 0 Å². The van der Waals surface area contributed by atoms with Gasteiger partial charge in [-0.15, -0.1) is 0 Å². The molecule has 36 heavy (non-hydrogen) atoms. The third-order valence-electron chi connectivity index (χ3n) is 6.34. The molecule has 2 aromatic heterocycles. The molecule has 0 saturated carbocycles. The highest BCUT2D eigenvalue weighted by Crippen LogP contribution is 2.39. The fourth-order valence-corrected chi connectivity index (χ4v) is 5.03. The minimum absolute atomic E-state index is 0.0623. The molecule has 0 aliphatic carbocycles. The number of para-hydroxylation sites is 1. The van der Waals surface area contributed by atoms with Crippen molar-refractivity contribution < 1.29 is 4.79 Å². The van der Waals surface area contributed by atoms with E-state index in [1.807, 2.05) is 79.9 Å². The minimum atomic E-state index is -0.169. The average Bonchev–Trinajstić information content (AvgIpc) is 3.50. The van der Waals surface area contributed by atoms with Gasteiger partial charge in [0, 0.05) is 47.5 Å². The number of amides is 1. The summed E-state index contributed by atoms with van der Waals surface area (Å²) in [6.07, 6.45) is 4.12. The molecule has 2 atom stereocenters. The lowest BCUT2D eigenvalue weighted by molar-refractivity contribution is -0.116. The van der Waals surface area contributed by atoms with Crippen molar-refractivity contribution in [2.75, 3.05) is 11.9 Å². The molecular weight excluding hydrogens is 490 g/mol. The van der Waals surface area contributed by atoms with Crippen LogP contribution in [0.3, 0.4) is 0 Å². The maximum atomic E-state index is 12.7. The predicted octanol–water partition coefficient (Wildman–Crippen LogP) is 5.84. The van der Waals surface area contributed by atoms with E-state index in [1.165, 1.54) is 0 Å². The van der Waals surface area contributed by atoms with E-state index in [4.69, 9.17) is 23.8 Å². The number of halogens is 1. The predicted molar refractivity (Wildman–Crippen MR) is 147 cm³/mol. The van der Waals surface area contributed by atoms with Crippen LogP contribution in [0.2, 0.25) is 5.02 Å². The zero-order chi connectivity index (χ0) is 25.1. The van der Waals surface area contributed by atoms with Gasteiger partial charge in [-0.2, -0.15) is 0 Å². The Kier molecular flexibility index (Phi) is 7.02. The Bertz CT molecular complexity index is 1380. The molecule has 5 rings (SSSR count). The Hall–Kier alpha value is -3.68. The highest BCUT2D eigenvalue weighted by molar-refractivity contribution is 7.80. The molecule has 1 saturated heterocycles. The number of rotatable bonds is 7. The number of benzene rings is 2. The number of pyridine rings is 1. The van der Waals surface area contributed by atoms with Crippen molar-refractivity contribution in [1.29, 1.82) is 0 Å². The zero-order valence-corrected chi connectivity index (χ0v) is 21.3. The van der Waals surface area contributed by atoms with Gasteiger partial charge >= 0.3 is 0 Å². The molecule has 0 unspecified atom stereocenters. The first-order valence-electron chi connectivity index (χ1n) is 11.8. The summed E-state index contributed by atoms with van der Waals surface area (Å²) in [6, 6.07) is 25.1. The van der Waals surface area contributed by atoms with Crippen molar-refractivity contribution in [3.8, 4) is 5.69 Å². The molecule has 8 heteroatoms. The second-order valence-electron chi connectivity index (χ2n) is 8.72. The zero-order valence-electron chi connectivity index (χ0n) is 19.8. The maximum Gasteiger partial charge on any atom is 0.226 e. The van der Waals surface area contributed by atoms with E-state index in [2.05, 4.69) is 37.2 Å². The van der Waals surface area contributed by atoms with Gasteiger partial charge < -0.3 is 20.1 Å². The van der Waals surface area contributed by atoms with Gasteiger partial charge in [0.15, 0.2) is 5.11 Å². The summed E-state index contributed by atoms with van der Waals surface area (Å²) >= 11 is 12.1. The minimum Gasteiger partial charge on any atom is -0.352 e. The van der Waals surface area contributed by atoms with E-state index < -0.39 is 0 Å². The lowest BCUT2D eigenvalue weighted by atomic mass is 10.0. The number of carbonyl (C=O) groups excluding carboxylic acids is 1. The molecule has 1 fully saturated rings. The van der Waals surface area contributed by atoms with Crippen LogP contribution >= 0.6 is 23.8 Å². The number of hydrogen-bond acceptors (Lipinski definition) is 3. The lowest BCUT2D eigenvalue weighted by Crippen LogP contribution is -2.33. The largest absolute Gasteiger partial charge is 0.352 e. The topological polar surface area (TPSA) is 62.2 Å². The van der Waals surface area contributed by atoms with E-state index in [9.17, 15) is 4.79 Å². The number of anilines is 1. The van der Waals surface area contributed by atoms with Gasteiger partial charge in [0.25, 0.3) is 0 Å². The number of carbonyl (C=O) groups is 1. The summed E-state index contributed by atoms with van der Waals surface area (Å²) in [4.78, 5) is 19.5.